The van der Waals surface area contributed by atoms with Crippen LogP contribution in [0.15, 0.2) is 0 Å². The molecule has 0 spiro atoms. The van der Waals surface area contributed by atoms with E-state index in [-0.39, 0.29) is 6.61 Å². The van der Waals surface area contributed by atoms with E-state index in [2.05, 4.69) is 13.8 Å². The molecule has 0 radical (unpaired) electrons. The molecule has 2 N–H and O–H groups in total. The molecule has 0 rings (SSSR count). The van der Waals surface area contributed by atoms with Crippen molar-refractivity contribution in [1.29, 1.82) is 0 Å². The van der Waals surface area contributed by atoms with E-state index in [0.29, 0.717) is 5.92 Å². The Bertz CT molecular complexity index is 147. The zero-order chi connectivity index (χ0) is 13.6. The summed E-state index contributed by atoms with van der Waals surface area (Å²) in [5.74, 6) is 0.612. The molecule has 0 aliphatic heterocycles. The second kappa shape index (κ2) is 13.4. The first-order chi connectivity index (χ1) is 8.74. The van der Waals surface area contributed by atoms with E-state index < -0.39 is 6.10 Å². The maximum Gasteiger partial charge on any atom is 0.0773 e. The zero-order valence-electron chi connectivity index (χ0n) is 12.5. The molecule has 0 saturated carbocycles. The lowest BCUT2D eigenvalue weighted by atomic mass is 9.90. The maximum absolute atomic E-state index is 9.58. The van der Waals surface area contributed by atoms with Crippen LogP contribution in [-0.2, 0) is 0 Å². The van der Waals surface area contributed by atoms with Crippen LogP contribution in [-0.4, -0.2) is 22.9 Å². The lowest BCUT2D eigenvalue weighted by molar-refractivity contribution is 0.0705. The summed E-state index contributed by atoms with van der Waals surface area (Å²) in [4.78, 5) is 0. The van der Waals surface area contributed by atoms with Gasteiger partial charge in [-0.3, -0.25) is 0 Å². The highest BCUT2D eigenvalue weighted by molar-refractivity contribution is 4.65. The van der Waals surface area contributed by atoms with Gasteiger partial charge in [0, 0.05) is 0 Å². The van der Waals surface area contributed by atoms with Gasteiger partial charge in [-0.15, -0.1) is 0 Å². The molecule has 0 aromatic rings. The van der Waals surface area contributed by atoms with Crippen molar-refractivity contribution in [3.05, 3.63) is 0 Å². The molecule has 1 atom stereocenters. The SMILES string of the molecule is CCCCCCC(CCCCCC)C[C@H](O)CO. The Labute approximate surface area is 114 Å². The Kier molecular flexibility index (Phi) is 13.3. The van der Waals surface area contributed by atoms with Crippen molar-refractivity contribution in [2.24, 2.45) is 5.92 Å². The predicted octanol–water partition coefficient (Wildman–Crippen LogP) is 4.29. The highest BCUT2D eigenvalue weighted by atomic mass is 16.3. The van der Waals surface area contributed by atoms with Crippen molar-refractivity contribution in [3.8, 4) is 0 Å². The summed E-state index contributed by atoms with van der Waals surface area (Å²) in [6, 6.07) is 0. The fraction of sp³-hybridized carbons (Fsp3) is 1.00. The van der Waals surface area contributed by atoms with Gasteiger partial charge in [-0.25, -0.2) is 0 Å². The van der Waals surface area contributed by atoms with E-state index in [1.54, 1.807) is 0 Å². The van der Waals surface area contributed by atoms with Crippen molar-refractivity contribution < 1.29 is 10.2 Å². The summed E-state index contributed by atoms with van der Waals surface area (Å²) in [5.41, 5.74) is 0. The summed E-state index contributed by atoms with van der Waals surface area (Å²) in [7, 11) is 0. The molecule has 0 saturated heterocycles. The van der Waals surface area contributed by atoms with Crippen molar-refractivity contribution in [1.82, 2.24) is 0 Å². The first-order valence-corrected chi connectivity index (χ1v) is 8.03. The Morgan fingerprint density at radius 3 is 1.67 bits per heavy atom. The van der Waals surface area contributed by atoms with E-state index in [1.165, 1.54) is 64.2 Å². The zero-order valence-corrected chi connectivity index (χ0v) is 12.5. The van der Waals surface area contributed by atoms with E-state index in [0.717, 1.165) is 6.42 Å². The van der Waals surface area contributed by atoms with E-state index >= 15 is 0 Å². The van der Waals surface area contributed by atoms with Gasteiger partial charge in [-0.2, -0.15) is 0 Å². The fourth-order valence-corrected chi connectivity index (χ4v) is 2.56. The first-order valence-electron chi connectivity index (χ1n) is 8.03. The first kappa shape index (κ1) is 17.9. The number of hydrogen-bond donors (Lipinski definition) is 2. The monoisotopic (exact) mass is 258 g/mol. The number of aliphatic hydroxyl groups excluding tert-OH is 2. The van der Waals surface area contributed by atoms with Gasteiger partial charge in [0.05, 0.1) is 12.7 Å². The Balaban J connectivity index is 3.77. The van der Waals surface area contributed by atoms with Gasteiger partial charge in [-0.05, 0) is 12.3 Å². The Hall–Kier alpha value is -0.0800. The molecule has 0 bridgehead atoms. The number of rotatable bonds is 13. The Morgan fingerprint density at radius 2 is 1.28 bits per heavy atom. The summed E-state index contributed by atoms with van der Waals surface area (Å²) >= 11 is 0. The molecule has 0 aromatic heterocycles. The molecule has 0 aliphatic carbocycles. The summed E-state index contributed by atoms with van der Waals surface area (Å²) < 4.78 is 0. The van der Waals surface area contributed by atoms with Gasteiger partial charge in [0.2, 0.25) is 0 Å². The lowest BCUT2D eigenvalue weighted by Crippen LogP contribution is -2.17. The topological polar surface area (TPSA) is 40.5 Å². The van der Waals surface area contributed by atoms with Crippen molar-refractivity contribution in [2.75, 3.05) is 6.61 Å². The van der Waals surface area contributed by atoms with E-state index in [4.69, 9.17) is 5.11 Å². The van der Waals surface area contributed by atoms with Crippen LogP contribution in [0.5, 0.6) is 0 Å². The molecule has 2 nitrogen and oxygen atoms in total. The average molecular weight is 258 g/mol. The maximum atomic E-state index is 9.58. The van der Waals surface area contributed by atoms with E-state index in [1.807, 2.05) is 0 Å². The molecule has 18 heavy (non-hydrogen) atoms. The third-order valence-electron chi connectivity index (χ3n) is 3.75. The Morgan fingerprint density at radius 1 is 0.778 bits per heavy atom. The molecule has 0 unspecified atom stereocenters. The van der Waals surface area contributed by atoms with Crippen LogP contribution in [0.2, 0.25) is 0 Å². The van der Waals surface area contributed by atoms with Crippen LogP contribution < -0.4 is 0 Å². The second-order valence-corrected chi connectivity index (χ2v) is 5.64. The van der Waals surface area contributed by atoms with Gasteiger partial charge in [-0.1, -0.05) is 78.1 Å². The normalized spacial score (nSPS) is 13.2. The van der Waals surface area contributed by atoms with Crippen LogP contribution in [0.3, 0.4) is 0 Å². The molecule has 0 heterocycles. The van der Waals surface area contributed by atoms with Crippen LogP contribution in [0, 0.1) is 5.92 Å². The largest absolute Gasteiger partial charge is 0.394 e. The van der Waals surface area contributed by atoms with Crippen LogP contribution in [0.25, 0.3) is 0 Å². The molecule has 0 aliphatic rings. The second-order valence-electron chi connectivity index (χ2n) is 5.64. The van der Waals surface area contributed by atoms with Gasteiger partial charge < -0.3 is 10.2 Å². The fourth-order valence-electron chi connectivity index (χ4n) is 2.56. The summed E-state index contributed by atoms with van der Waals surface area (Å²) in [6.45, 7) is 4.38. The predicted molar refractivity (Wildman–Crippen MR) is 78.7 cm³/mol. The van der Waals surface area contributed by atoms with Gasteiger partial charge in [0.1, 0.15) is 0 Å². The third-order valence-corrected chi connectivity index (χ3v) is 3.75. The molecule has 110 valence electrons. The summed E-state index contributed by atoms with van der Waals surface area (Å²) in [6.07, 6.45) is 13.1. The lowest BCUT2D eigenvalue weighted by Gasteiger charge is -2.19. The molecular weight excluding hydrogens is 224 g/mol. The van der Waals surface area contributed by atoms with Gasteiger partial charge in [0.15, 0.2) is 0 Å². The summed E-state index contributed by atoms with van der Waals surface area (Å²) in [5, 5.41) is 18.5. The highest BCUT2D eigenvalue weighted by Gasteiger charge is 2.13. The minimum absolute atomic E-state index is 0.0829. The number of aliphatic hydroxyl groups is 2. The van der Waals surface area contributed by atoms with Crippen LogP contribution in [0.4, 0.5) is 0 Å². The minimum Gasteiger partial charge on any atom is -0.394 e. The standard InChI is InChI=1S/C16H34O2/c1-3-5-7-9-11-15(13-16(18)14-17)12-10-8-6-4-2/h15-18H,3-14H2,1-2H3/t16-/m0/s1. The van der Waals surface area contributed by atoms with E-state index in [9.17, 15) is 5.11 Å². The van der Waals surface area contributed by atoms with Gasteiger partial charge >= 0.3 is 0 Å². The third kappa shape index (κ3) is 11.0. The number of unbranched alkanes of at least 4 members (excludes halogenated alkanes) is 6. The average Bonchev–Trinajstić information content (AvgIpc) is 2.39. The smallest absolute Gasteiger partial charge is 0.0773 e. The van der Waals surface area contributed by atoms with Crippen molar-refractivity contribution in [3.63, 3.8) is 0 Å². The minimum atomic E-state index is -0.507. The van der Waals surface area contributed by atoms with Gasteiger partial charge in [0.25, 0.3) is 0 Å². The van der Waals surface area contributed by atoms with Crippen molar-refractivity contribution in [2.45, 2.75) is 90.6 Å². The van der Waals surface area contributed by atoms with Crippen molar-refractivity contribution >= 4 is 0 Å². The van der Waals surface area contributed by atoms with Crippen LogP contribution >= 0.6 is 0 Å². The molecule has 0 fully saturated rings. The quantitative estimate of drug-likeness (QED) is 0.484. The molecule has 0 amide bonds. The van der Waals surface area contributed by atoms with Crippen LogP contribution in [0.1, 0.15) is 84.5 Å². The molecular formula is C16H34O2. The number of hydrogen-bond acceptors (Lipinski definition) is 2. The molecule has 2 heteroatoms. The molecule has 0 aromatic carbocycles. The highest BCUT2D eigenvalue weighted by Crippen LogP contribution is 2.22.